The Balaban J connectivity index is 1.73. The van der Waals surface area contributed by atoms with Crippen LogP contribution in [0, 0.1) is 5.82 Å². The number of Topliss-reactive ketones (excluding diaryl/α,β-unsaturated/α-hetero) is 1. The Labute approximate surface area is 188 Å². The van der Waals surface area contributed by atoms with E-state index >= 15 is 0 Å². The summed E-state index contributed by atoms with van der Waals surface area (Å²) in [7, 11) is 0. The van der Waals surface area contributed by atoms with Gasteiger partial charge in [-0.05, 0) is 50.2 Å². The van der Waals surface area contributed by atoms with Gasteiger partial charge in [-0.15, -0.1) is 0 Å². The van der Waals surface area contributed by atoms with Crippen LogP contribution >= 0.6 is 11.8 Å². The normalized spacial score (nSPS) is 13.4. The van der Waals surface area contributed by atoms with Crippen LogP contribution in [0.3, 0.4) is 0 Å². The van der Waals surface area contributed by atoms with Gasteiger partial charge >= 0.3 is 0 Å². The van der Waals surface area contributed by atoms with E-state index in [1.807, 2.05) is 67.1 Å². The number of rotatable bonds is 4. The summed E-state index contributed by atoms with van der Waals surface area (Å²) < 4.78 is 15.9. The molecule has 0 bridgehead atoms. The lowest BCUT2D eigenvalue weighted by atomic mass is 10.1. The molecule has 0 aliphatic carbocycles. The lowest BCUT2D eigenvalue weighted by molar-refractivity contribution is 0.103. The lowest BCUT2D eigenvalue weighted by Gasteiger charge is -2.23. The molecule has 2 heterocycles. The average Bonchev–Trinajstić information content (AvgIpc) is 3.19. The fourth-order valence-corrected chi connectivity index (χ4v) is 4.93. The van der Waals surface area contributed by atoms with Crippen LogP contribution in [0.5, 0.6) is 5.75 Å². The van der Waals surface area contributed by atoms with Crippen LogP contribution in [0.15, 0.2) is 77.3 Å². The van der Waals surface area contributed by atoms with Gasteiger partial charge < -0.3 is 10.4 Å². The fraction of sp³-hybridized carbons (Fsp3) is 0.120. The van der Waals surface area contributed by atoms with Crippen molar-refractivity contribution in [1.82, 2.24) is 9.78 Å². The second kappa shape index (κ2) is 7.84. The number of aromatic hydroxyl groups is 1. The first-order valence-electron chi connectivity index (χ1n) is 10.2. The van der Waals surface area contributed by atoms with Crippen molar-refractivity contribution in [3.63, 3.8) is 0 Å². The molecule has 0 fully saturated rings. The Bertz CT molecular complexity index is 1410. The first-order chi connectivity index (χ1) is 15.4. The highest BCUT2D eigenvalue weighted by molar-refractivity contribution is 8.08. The van der Waals surface area contributed by atoms with Gasteiger partial charge in [0, 0.05) is 21.9 Å². The summed E-state index contributed by atoms with van der Waals surface area (Å²) in [5.74, 6) is -0.912. The molecule has 0 unspecified atom stereocenters. The molecule has 0 amide bonds. The van der Waals surface area contributed by atoms with Crippen molar-refractivity contribution in [3.05, 3.63) is 89.5 Å². The third-order valence-electron chi connectivity index (χ3n) is 5.33. The van der Waals surface area contributed by atoms with Gasteiger partial charge in [-0.1, -0.05) is 42.1 Å². The van der Waals surface area contributed by atoms with Gasteiger partial charge in [0.15, 0.2) is 0 Å². The van der Waals surface area contributed by atoms with Crippen molar-refractivity contribution >= 4 is 39.0 Å². The van der Waals surface area contributed by atoms with Gasteiger partial charge in [0.25, 0.3) is 0 Å². The minimum absolute atomic E-state index is 0.0663. The second-order valence-corrected chi connectivity index (χ2v) is 8.87. The van der Waals surface area contributed by atoms with Gasteiger partial charge in [0.05, 0.1) is 16.1 Å². The number of phenols is 1. The van der Waals surface area contributed by atoms with Crippen LogP contribution in [0.1, 0.15) is 35.9 Å². The Morgan fingerprint density at radius 2 is 1.84 bits per heavy atom. The number of carbonyl (C=O) groups excluding carboxylic acids is 1. The maximum Gasteiger partial charge on any atom is 0.231 e. The highest BCUT2D eigenvalue weighted by atomic mass is 32.2. The number of hydrogen-bond donors (Lipinski definition) is 2. The topological polar surface area (TPSA) is 67.2 Å². The van der Waals surface area contributed by atoms with Crippen molar-refractivity contribution in [2.75, 3.05) is 5.32 Å². The van der Waals surface area contributed by atoms with Crippen LogP contribution in [0.4, 0.5) is 10.1 Å². The smallest absolute Gasteiger partial charge is 0.231 e. The number of para-hydroxylation sites is 2. The molecule has 0 saturated carbocycles. The van der Waals surface area contributed by atoms with Gasteiger partial charge in [-0.3, -0.25) is 9.48 Å². The molecule has 32 heavy (non-hydrogen) atoms. The molecule has 1 aliphatic heterocycles. The number of benzene rings is 3. The number of halogens is 1. The van der Waals surface area contributed by atoms with Crippen LogP contribution < -0.4 is 5.32 Å². The van der Waals surface area contributed by atoms with Crippen molar-refractivity contribution < 1.29 is 14.3 Å². The molecule has 5 rings (SSSR count). The summed E-state index contributed by atoms with van der Waals surface area (Å²) >= 11 is 1.32. The van der Waals surface area contributed by atoms with Crippen LogP contribution in [-0.2, 0) is 0 Å². The average molecular weight is 446 g/mol. The molecule has 7 heteroatoms. The highest BCUT2D eigenvalue weighted by Crippen LogP contribution is 2.47. The molecule has 1 aliphatic rings. The Morgan fingerprint density at radius 1 is 1.09 bits per heavy atom. The SMILES string of the molecule is CC(C)n1nc(C(=O)C2=C(c3cc(F)ccc3O)Sc3ccccc3N2)c2ccccc21. The highest BCUT2D eigenvalue weighted by Gasteiger charge is 2.30. The summed E-state index contributed by atoms with van der Waals surface area (Å²) in [6.07, 6.45) is 0. The van der Waals surface area contributed by atoms with E-state index in [4.69, 9.17) is 0 Å². The van der Waals surface area contributed by atoms with Gasteiger partial charge in [0.1, 0.15) is 23.0 Å². The van der Waals surface area contributed by atoms with Gasteiger partial charge in [0.2, 0.25) is 5.78 Å². The summed E-state index contributed by atoms with van der Waals surface area (Å²) in [5, 5.41) is 19.1. The van der Waals surface area contributed by atoms with E-state index in [0.29, 0.717) is 10.6 Å². The molecule has 0 saturated heterocycles. The number of allylic oxidation sites excluding steroid dienone is 1. The molecule has 160 valence electrons. The number of nitrogens with zero attached hydrogens (tertiary/aromatic N) is 2. The fourth-order valence-electron chi connectivity index (χ4n) is 3.82. The summed E-state index contributed by atoms with van der Waals surface area (Å²) in [6, 6.07) is 18.9. The molecule has 1 aromatic heterocycles. The second-order valence-electron chi connectivity index (χ2n) is 7.82. The standard InChI is InChI=1S/C25H20FN3O2S/c1-14(2)29-19-9-5-3-7-16(19)22(28-29)24(31)23-25(17-13-15(26)11-12-20(17)30)32-21-10-6-4-8-18(21)27-23/h3-14,27,30H,1-2H3. The van der Waals surface area contributed by atoms with Gasteiger partial charge in [-0.2, -0.15) is 5.10 Å². The molecule has 3 aromatic carbocycles. The zero-order valence-corrected chi connectivity index (χ0v) is 18.3. The van der Waals surface area contributed by atoms with Crippen molar-refractivity contribution in [3.8, 4) is 5.75 Å². The largest absolute Gasteiger partial charge is 0.507 e. The number of ketones is 1. The Hall–Kier alpha value is -3.58. The van der Waals surface area contributed by atoms with E-state index in [1.54, 1.807) is 0 Å². The summed E-state index contributed by atoms with van der Waals surface area (Å²) in [6.45, 7) is 4.02. The molecule has 4 aromatic rings. The number of thioether (sulfide) groups is 1. The van der Waals surface area contributed by atoms with Crippen molar-refractivity contribution in [1.29, 1.82) is 0 Å². The van der Waals surface area contributed by atoms with Crippen LogP contribution in [0.25, 0.3) is 15.8 Å². The number of phenolic OH excluding ortho intramolecular Hbond substituents is 1. The number of carbonyl (C=O) groups is 1. The number of aromatic nitrogens is 2. The zero-order valence-electron chi connectivity index (χ0n) is 17.5. The quantitative estimate of drug-likeness (QED) is 0.365. The van der Waals surface area contributed by atoms with E-state index < -0.39 is 5.82 Å². The van der Waals surface area contributed by atoms with E-state index in [2.05, 4.69) is 10.4 Å². The predicted molar refractivity (Wildman–Crippen MR) is 125 cm³/mol. The summed E-state index contributed by atoms with van der Waals surface area (Å²) in [5.41, 5.74) is 2.46. The number of hydrogen-bond acceptors (Lipinski definition) is 5. The van der Waals surface area contributed by atoms with E-state index in [9.17, 15) is 14.3 Å². The Morgan fingerprint density at radius 3 is 2.66 bits per heavy atom. The maximum absolute atomic E-state index is 14.1. The van der Waals surface area contributed by atoms with Crippen molar-refractivity contribution in [2.24, 2.45) is 0 Å². The predicted octanol–water partition coefficient (Wildman–Crippen LogP) is 6.23. The van der Waals surface area contributed by atoms with Crippen LogP contribution in [0.2, 0.25) is 0 Å². The van der Waals surface area contributed by atoms with Crippen molar-refractivity contribution in [2.45, 2.75) is 24.8 Å². The van der Waals surface area contributed by atoms with E-state index in [0.717, 1.165) is 21.5 Å². The molecule has 0 atom stereocenters. The minimum Gasteiger partial charge on any atom is -0.507 e. The third-order valence-corrected chi connectivity index (χ3v) is 6.54. The molecule has 2 N–H and O–H groups in total. The van der Waals surface area contributed by atoms with Crippen LogP contribution in [-0.4, -0.2) is 20.7 Å². The Kier molecular flexibility index (Phi) is 4.98. The minimum atomic E-state index is -0.494. The first-order valence-corrected chi connectivity index (χ1v) is 11.0. The molecular weight excluding hydrogens is 425 g/mol. The third kappa shape index (κ3) is 3.35. The maximum atomic E-state index is 14.1. The monoisotopic (exact) mass is 445 g/mol. The van der Waals surface area contributed by atoms with Gasteiger partial charge in [-0.25, -0.2) is 4.39 Å². The summed E-state index contributed by atoms with van der Waals surface area (Å²) in [4.78, 5) is 15.2. The number of anilines is 1. The molecule has 0 radical (unpaired) electrons. The number of fused-ring (bicyclic) bond motifs is 2. The molecule has 0 spiro atoms. The van der Waals surface area contributed by atoms with E-state index in [1.165, 1.54) is 30.0 Å². The number of nitrogens with one attached hydrogen (secondary N) is 1. The lowest BCUT2D eigenvalue weighted by Crippen LogP contribution is -2.18. The molecular formula is C25H20FN3O2S. The molecule has 5 nitrogen and oxygen atoms in total. The first kappa shape index (κ1) is 20.3. The zero-order chi connectivity index (χ0) is 22.4. The van der Waals surface area contributed by atoms with E-state index in [-0.39, 0.29) is 28.8 Å².